The van der Waals surface area contributed by atoms with Crippen molar-refractivity contribution in [1.82, 2.24) is 10.2 Å². The Morgan fingerprint density at radius 2 is 2.15 bits per heavy atom. The van der Waals surface area contributed by atoms with Gasteiger partial charge < -0.3 is 15.8 Å². The number of rotatable bonds is 5. The number of likely N-dealkylation sites (N-methyl/N-ethyl adjacent to an activating group) is 1. The van der Waals surface area contributed by atoms with Gasteiger partial charge in [-0.05, 0) is 13.3 Å². The molecule has 0 spiro atoms. The molecular formula is C12H22F3N3O2. The predicted octanol–water partition coefficient (Wildman–Crippen LogP) is 0.492. The molecule has 8 heteroatoms. The highest BCUT2D eigenvalue weighted by molar-refractivity contribution is 5.82. The summed E-state index contributed by atoms with van der Waals surface area (Å²) in [6.07, 6.45) is -4.29. The molecule has 3 N–H and O–H groups in total. The summed E-state index contributed by atoms with van der Waals surface area (Å²) in [5, 5.41) is 2.54. The van der Waals surface area contributed by atoms with Gasteiger partial charge in [-0.2, -0.15) is 13.2 Å². The normalized spacial score (nSPS) is 24.2. The minimum absolute atomic E-state index is 0.0413. The molecule has 0 aliphatic carbocycles. The topological polar surface area (TPSA) is 67.6 Å². The Balaban J connectivity index is 2.98. The predicted molar refractivity (Wildman–Crippen MR) is 68.1 cm³/mol. The second-order valence-corrected chi connectivity index (χ2v) is 4.78. The molecule has 1 aliphatic heterocycles. The monoisotopic (exact) mass is 297 g/mol. The zero-order chi connectivity index (χ0) is 15.3. The number of nitrogens with one attached hydrogen (secondary N) is 1. The van der Waals surface area contributed by atoms with E-state index in [-0.39, 0.29) is 26.2 Å². The van der Waals surface area contributed by atoms with Gasteiger partial charge in [-0.15, -0.1) is 0 Å². The highest BCUT2D eigenvalue weighted by atomic mass is 19.4. The summed E-state index contributed by atoms with van der Waals surface area (Å²) in [4.78, 5) is 13.0. The van der Waals surface area contributed by atoms with Crippen LogP contribution in [-0.4, -0.2) is 61.4 Å². The number of ether oxygens (including phenoxy) is 1. The number of nitrogens with two attached hydrogens (primary N) is 1. The summed E-state index contributed by atoms with van der Waals surface area (Å²) < 4.78 is 45.0. The SMILES string of the molecule is CCNC(=O)C1COCCN1C(C(N)CC)C(F)(F)F. The van der Waals surface area contributed by atoms with E-state index in [1.165, 1.54) is 0 Å². The van der Waals surface area contributed by atoms with Crippen LogP contribution in [0.4, 0.5) is 13.2 Å². The molecule has 3 atom stereocenters. The van der Waals surface area contributed by atoms with E-state index in [1.807, 2.05) is 0 Å². The van der Waals surface area contributed by atoms with E-state index in [0.717, 1.165) is 4.90 Å². The Hall–Kier alpha value is -0.860. The molecule has 0 aromatic carbocycles. The fraction of sp³-hybridized carbons (Fsp3) is 0.917. The molecule has 1 saturated heterocycles. The van der Waals surface area contributed by atoms with E-state index >= 15 is 0 Å². The van der Waals surface area contributed by atoms with E-state index < -0.39 is 30.2 Å². The van der Waals surface area contributed by atoms with E-state index in [2.05, 4.69) is 5.32 Å². The molecule has 1 fully saturated rings. The molecule has 1 heterocycles. The van der Waals surface area contributed by atoms with Crippen LogP contribution in [0.25, 0.3) is 0 Å². The molecule has 0 aromatic heterocycles. The number of nitrogens with zero attached hydrogens (tertiary/aromatic N) is 1. The van der Waals surface area contributed by atoms with Crippen LogP contribution in [0.15, 0.2) is 0 Å². The van der Waals surface area contributed by atoms with Crippen LogP contribution in [0, 0.1) is 0 Å². The third-order valence-electron chi connectivity index (χ3n) is 3.39. The van der Waals surface area contributed by atoms with Crippen LogP contribution in [0.5, 0.6) is 0 Å². The first kappa shape index (κ1) is 17.2. The van der Waals surface area contributed by atoms with Gasteiger partial charge in [0.05, 0.1) is 13.2 Å². The first-order valence-electron chi connectivity index (χ1n) is 6.76. The zero-order valence-corrected chi connectivity index (χ0v) is 11.7. The van der Waals surface area contributed by atoms with Gasteiger partial charge in [-0.1, -0.05) is 6.92 Å². The van der Waals surface area contributed by atoms with E-state index in [4.69, 9.17) is 10.5 Å². The summed E-state index contributed by atoms with van der Waals surface area (Å²) in [7, 11) is 0. The van der Waals surface area contributed by atoms with Crippen LogP contribution in [0.3, 0.4) is 0 Å². The van der Waals surface area contributed by atoms with Crippen molar-refractivity contribution in [2.24, 2.45) is 5.73 Å². The van der Waals surface area contributed by atoms with Crippen molar-refractivity contribution in [3.05, 3.63) is 0 Å². The highest BCUT2D eigenvalue weighted by Gasteiger charge is 2.50. The van der Waals surface area contributed by atoms with Gasteiger partial charge in [-0.25, -0.2) is 0 Å². The number of hydrogen-bond acceptors (Lipinski definition) is 4. The summed E-state index contributed by atoms with van der Waals surface area (Å²) >= 11 is 0. The smallest absolute Gasteiger partial charge is 0.378 e. The Bertz CT molecular complexity index is 326. The van der Waals surface area contributed by atoms with Crippen molar-refractivity contribution in [2.45, 2.75) is 44.6 Å². The number of hydrogen-bond donors (Lipinski definition) is 2. The third-order valence-corrected chi connectivity index (χ3v) is 3.39. The lowest BCUT2D eigenvalue weighted by Gasteiger charge is -2.42. The van der Waals surface area contributed by atoms with Crippen LogP contribution in [0.2, 0.25) is 0 Å². The fourth-order valence-electron chi connectivity index (χ4n) is 2.37. The molecule has 0 radical (unpaired) electrons. The van der Waals surface area contributed by atoms with Crippen LogP contribution in [-0.2, 0) is 9.53 Å². The molecule has 1 rings (SSSR count). The number of amides is 1. The van der Waals surface area contributed by atoms with Crippen molar-refractivity contribution < 1.29 is 22.7 Å². The average molecular weight is 297 g/mol. The third kappa shape index (κ3) is 4.07. The van der Waals surface area contributed by atoms with Gasteiger partial charge in [0.25, 0.3) is 0 Å². The van der Waals surface area contributed by atoms with Gasteiger partial charge in [0.15, 0.2) is 0 Å². The Morgan fingerprint density at radius 1 is 1.50 bits per heavy atom. The molecule has 3 unspecified atom stereocenters. The van der Waals surface area contributed by atoms with Crippen molar-refractivity contribution in [1.29, 1.82) is 0 Å². The second-order valence-electron chi connectivity index (χ2n) is 4.78. The highest BCUT2D eigenvalue weighted by Crippen LogP contribution is 2.30. The number of carbonyl (C=O) groups is 1. The first-order valence-corrected chi connectivity index (χ1v) is 6.76. The van der Waals surface area contributed by atoms with Crippen molar-refractivity contribution in [3.63, 3.8) is 0 Å². The van der Waals surface area contributed by atoms with Crippen molar-refractivity contribution in [3.8, 4) is 0 Å². The maximum atomic E-state index is 13.3. The maximum absolute atomic E-state index is 13.3. The summed E-state index contributed by atoms with van der Waals surface area (Å²) in [6, 6.07) is -3.85. The summed E-state index contributed by atoms with van der Waals surface area (Å²) in [6.45, 7) is 3.84. The molecule has 0 bridgehead atoms. The van der Waals surface area contributed by atoms with Crippen molar-refractivity contribution in [2.75, 3.05) is 26.3 Å². The van der Waals surface area contributed by atoms with Gasteiger partial charge in [0.1, 0.15) is 12.1 Å². The summed E-state index contributed by atoms with van der Waals surface area (Å²) in [5.74, 6) is -0.454. The summed E-state index contributed by atoms with van der Waals surface area (Å²) in [5.41, 5.74) is 5.64. The number of alkyl halides is 3. The number of morpholine rings is 1. The molecule has 5 nitrogen and oxygen atoms in total. The Kier molecular flexibility index (Phi) is 6.22. The fourth-order valence-corrected chi connectivity index (χ4v) is 2.37. The molecule has 0 saturated carbocycles. The molecular weight excluding hydrogens is 275 g/mol. The lowest BCUT2D eigenvalue weighted by atomic mass is 10.0. The maximum Gasteiger partial charge on any atom is 0.405 e. The second kappa shape index (κ2) is 7.24. The lowest BCUT2D eigenvalue weighted by Crippen LogP contribution is -2.65. The standard InChI is InChI=1S/C12H22F3N3O2/c1-3-8(16)10(12(13,14)15)18-5-6-20-7-9(18)11(19)17-4-2/h8-10H,3-7,16H2,1-2H3,(H,17,19). The van der Waals surface area contributed by atoms with Gasteiger partial charge in [-0.3, -0.25) is 9.69 Å². The molecule has 1 amide bonds. The Morgan fingerprint density at radius 3 is 2.65 bits per heavy atom. The van der Waals surface area contributed by atoms with Crippen LogP contribution in [0.1, 0.15) is 20.3 Å². The van der Waals surface area contributed by atoms with Crippen molar-refractivity contribution >= 4 is 5.91 Å². The molecule has 118 valence electrons. The minimum atomic E-state index is -4.47. The largest absolute Gasteiger partial charge is 0.405 e. The first-order chi connectivity index (χ1) is 9.32. The molecule has 0 aromatic rings. The number of carbonyl (C=O) groups excluding carboxylic acids is 1. The van der Waals surface area contributed by atoms with Gasteiger partial charge >= 0.3 is 6.18 Å². The number of halogens is 3. The zero-order valence-electron chi connectivity index (χ0n) is 11.7. The van der Waals surface area contributed by atoms with Crippen LogP contribution < -0.4 is 11.1 Å². The van der Waals surface area contributed by atoms with E-state index in [9.17, 15) is 18.0 Å². The van der Waals surface area contributed by atoms with Crippen LogP contribution >= 0.6 is 0 Å². The lowest BCUT2D eigenvalue weighted by molar-refractivity contribution is -0.206. The molecule has 1 aliphatic rings. The average Bonchev–Trinajstić information content (AvgIpc) is 2.38. The van der Waals surface area contributed by atoms with E-state index in [1.54, 1.807) is 13.8 Å². The minimum Gasteiger partial charge on any atom is -0.378 e. The van der Waals surface area contributed by atoms with Gasteiger partial charge in [0, 0.05) is 19.1 Å². The van der Waals surface area contributed by atoms with Gasteiger partial charge in [0.2, 0.25) is 5.91 Å². The molecule has 20 heavy (non-hydrogen) atoms. The van der Waals surface area contributed by atoms with E-state index in [0.29, 0.717) is 6.54 Å². The quantitative estimate of drug-likeness (QED) is 0.775. The Labute approximate surface area is 116 Å².